The van der Waals surface area contributed by atoms with Crippen molar-refractivity contribution in [2.45, 2.75) is 41.9 Å². The molecule has 1 saturated carbocycles. The lowest BCUT2D eigenvalue weighted by Crippen LogP contribution is -2.19. The van der Waals surface area contributed by atoms with E-state index in [0.717, 1.165) is 48.3 Å². The predicted molar refractivity (Wildman–Crippen MR) is 108 cm³/mol. The molecule has 0 amide bonds. The topological polar surface area (TPSA) is 48.9 Å². The molecule has 29 heavy (non-hydrogen) atoms. The van der Waals surface area contributed by atoms with Crippen molar-refractivity contribution in [3.8, 4) is 22.6 Å². The molecular weight excluding hydrogens is 421 g/mol. The van der Waals surface area contributed by atoms with Gasteiger partial charge in [0, 0.05) is 21.3 Å². The minimum atomic E-state index is -1.50. The predicted octanol–water partition coefficient (Wildman–Crippen LogP) is 6.21. The summed E-state index contributed by atoms with van der Waals surface area (Å²) in [6.07, 6.45) is 4.68. The van der Waals surface area contributed by atoms with Gasteiger partial charge >= 0.3 is 0 Å². The summed E-state index contributed by atoms with van der Waals surface area (Å²) in [6.45, 7) is 0. The maximum absolute atomic E-state index is 13.5. The van der Waals surface area contributed by atoms with Crippen molar-refractivity contribution in [3.05, 3.63) is 59.0 Å². The number of aromatic amines is 1. The van der Waals surface area contributed by atoms with Crippen LogP contribution in [0, 0.1) is 17.5 Å². The van der Waals surface area contributed by atoms with Crippen LogP contribution in [0.3, 0.4) is 0 Å². The van der Waals surface area contributed by atoms with Crippen LogP contribution in [0.2, 0.25) is 5.02 Å². The molecule has 2 aromatic carbocycles. The van der Waals surface area contributed by atoms with Crippen molar-refractivity contribution in [3.63, 3.8) is 0 Å². The lowest BCUT2D eigenvalue weighted by Gasteiger charge is -2.25. The SMILES string of the molecule is OC1CCC(Sc2cc(-c3ncc(-c4cc(F)c(F)c(F)c4)[nH]3)ccc2Cl)CC1. The second-order valence-electron chi connectivity index (χ2n) is 7.09. The molecule has 3 aromatic rings. The monoisotopic (exact) mass is 438 g/mol. The number of imidazole rings is 1. The molecule has 1 heterocycles. The largest absolute Gasteiger partial charge is 0.393 e. The summed E-state index contributed by atoms with van der Waals surface area (Å²) in [5, 5.41) is 10.7. The molecule has 0 unspecified atom stereocenters. The van der Waals surface area contributed by atoms with Gasteiger partial charge in [-0.2, -0.15) is 0 Å². The minimum Gasteiger partial charge on any atom is -0.393 e. The molecule has 2 N–H and O–H groups in total. The molecule has 8 heteroatoms. The fourth-order valence-electron chi connectivity index (χ4n) is 3.41. The molecular formula is C21H18ClF3N2OS. The van der Waals surface area contributed by atoms with E-state index in [4.69, 9.17) is 11.6 Å². The molecule has 0 spiro atoms. The first-order valence-electron chi connectivity index (χ1n) is 9.25. The van der Waals surface area contributed by atoms with Crippen molar-refractivity contribution >= 4 is 23.4 Å². The molecule has 1 fully saturated rings. The Kier molecular flexibility index (Phi) is 5.90. The van der Waals surface area contributed by atoms with Gasteiger partial charge in [-0.3, -0.25) is 0 Å². The standard InChI is InChI=1S/C21H18ClF3N2OS/c22-15-6-1-11(9-19(15)29-14-4-2-13(28)3-5-14)21-26-10-18(27-21)12-7-16(23)20(25)17(24)8-12/h1,6-10,13-14,28H,2-5H2,(H,26,27). The highest BCUT2D eigenvalue weighted by Gasteiger charge is 2.21. The molecule has 152 valence electrons. The van der Waals surface area contributed by atoms with E-state index in [1.165, 1.54) is 6.20 Å². The summed E-state index contributed by atoms with van der Waals surface area (Å²) in [4.78, 5) is 8.23. The molecule has 1 aliphatic carbocycles. The Morgan fingerprint density at radius 2 is 1.69 bits per heavy atom. The third kappa shape index (κ3) is 4.47. The molecule has 0 atom stereocenters. The van der Waals surface area contributed by atoms with Gasteiger partial charge in [0.1, 0.15) is 5.82 Å². The van der Waals surface area contributed by atoms with Crippen LogP contribution >= 0.6 is 23.4 Å². The molecule has 1 aromatic heterocycles. The number of hydrogen-bond donors (Lipinski definition) is 2. The fourth-order valence-corrected chi connectivity index (χ4v) is 4.90. The number of nitrogens with one attached hydrogen (secondary N) is 1. The minimum absolute atomic E-state index is 0.171. The zero-order chi connectivity index (χ0) is 20.5. The van der Waals surface area contributed by atoms with E-state index in [9.17, 15) is 18.3 Å². The summed E-state index contributed by atoms with van der Waals surface area (Å²) in [5.74, 6) is -3.48. The number of rotatable bonds is 4. The number of benzene rings is 2. The van der Waals surface area contributed by atoms with Crippen LogP contribution < -0.4 is 0 Å². The first-order chi connectivity index (χ1) is 13.9. The van der Waals surface area contributed by atoms with E-state index < -0.39 is 17.5 Å². The summed E-state index contributed by atoms with van der Waals surface area (Å²) in [7, 11) is 0. The van der Waals surface area contributed by atoms with Crippen molar-refractivity contribution < 1.29 is 18.3 Å². The molecule has 0 radical (unpaired) electrons. The molecule has 3 nitrogen and oxygen atoms in total. The van der Waals surface area contributed by atoms with Gasteiger partial charge in [-0.25, -0.2) is 18.2 Å². The van der Waals surface area contributed by atoms with Gasteiger partial charge in [-0.05, 0) is 56.0 Å². The van der Waals surface area contributed by atoms with Crippen LogP contribution in [0.1, 0.15) is 25.7 Å². The quantitative estimate of drug-likeness (QED) is 0.476. The zero-order valence-electron chi connectivity index (χ0n) is 15.3. The Bertz CT molecular complexity index is 1010. The highest BCUT2D eigenvalue weighted by atomic mass is 35.5. The summed E-state index contributed by atoms with van der Waals surface area (Å²) >= 11 is 8.05. The van der Waals surface area contributed by atoms with E-state index in [1.54, 1.807) is 17.8 Å². The molecule has 0 bridgehead atoms. The van der Waals surface area contributed by atoms with E-state index in [-0.39, 0.29) is 11.7 Å². The summed E-state index contributed by atoms with van der Waals surface area (Å²) in [6, 6.07) is 7.38. The van der Waals surface area contributed by atoms with Gasteiger partial charge < -0.3 is 10.1 Å². The number of aliphatic hydroxyl groups excluding tert-OH is 1. The van der Waals surface area contributed by atoms with Crippen LogP contribution in [-0.4, -0.2) is 26.4 Å². The van der Waals surface area contributed by atoms with Crippen LogP contribution in [-0.2, 0) is 0 Å². The van der Waals surface area contributed by atoms with Crippen molar-refractivity contribution in [1.29, 1.82) is 0 Å². The number of thioether (sulfide) groups is 1. The number of hydrogen-bond acceptors (Lipinski definition) is 3. The highest BCUT2D eigenvalue weighted by molar-refractivity contribution is 8.00. The Hall–Kier alpha value is -1.96. The average Bonchev–Trinajstić information content (AvgIpc) is 3.19. The van der Waals surface area contributed by atoms with Crippen molar-refractivity contribution in [1.82, 2.24) is 9.97 Å². The van der Waals surface area contributed by atoms with Gasteiger partial charge in [0.25, 0.3) is 0 Å². The number of H-pyrrole nitrogens is 1. The maximum atomic E-state index is 13.5. The van der Waals surface area contributed by atoms with Gasteiger partial charge in [-0.1, -0.05) is 11.6 Å². The Morgan fingerprint density at radius 3 is 2.38 bits per heavy atom. The highest BCUT2D eigenvalue weighted by Crippen LogP contribution is 2.39. The van der Waals surface area contributed by atoms with Gasteiger partial charge in [0.15, 0.2) is 17.5 Å². The second kappa shape index (κ2) is 8.42. The third-order valence-electron chi connectivity index (χ3n) is 5.01. The second-order valence-corrected chi connectivity index (χ2v) is 8.84. The lowest BCUT2D eigenvalue weighted by atomic mass is 9.97. The summed E-state index contributed by atoms with van der Waals surface area (Å²) in [5.41, 5.74) is 1.33. The van der Waals surface area contributed by atoms with Crippen molar-refractivity contribution in [2.75, 3.05) is 0 Å². The van der Waals surface area contributed by atoms with E-state index in [2.05, 4.69) is 9.97 Å². The zero-order valence-corrected chi connectivity index (χ0v) is 16.8. The fraction of sp³-hybridized carbons (Fsp3) is 0.286. The van der Waals surface area contributed by atoms with Crippen LogP contribution in [0.5, 0.6) is 0 Å². The van der Waals surface area contributed by atoms with Gasteiger partial charge in [0.2, 0.25) is 0 Å². The molecule has 0 saturated heterocycles. The average molecular weight is 439 g/mol. The van der Waals surface area contributed by atoms with Crippen LogP contribution in [0.4, 0.5) is 13.2 Å². The number of aliphatic hydroxyl groups is 1. The smallest absolute Gasteiger partial charge is 0.194 e. The van der Waals surface area contributed by atoms with Gasteiger partial charge in [0.05, 0.1) is 23.0 Å². The Labute approximate surface area is 175 Å². The van der Waals surface area contributed by atoms with Crippen molar-refractivity contribution in [2.24, 2.45) is 0 Å². The molecule has 0 aliphatic heterocycles. The van der Waals surface area contributed by atoms with E-state index in [0.29, 0.717) is 21.8 Å². The lowest BCUT2D eigenvalue weighted by molar-refractivity contribution is 0.132. The molecule has 4 rings (SSSR count). The Balaban J connectivity index is 1.58. The normalized spacial score (nSPS) is 19.5. The number of aromatic nitrogens is 2. The first kappa shape index (κ1) is 20.3. The molecule has 1 aliphatic rings. The van der Waals surface area contributed by atoms with E-state index in [1.807, 2.05) is 12.1 Å². The first-order valence-corrected chi connectivity index (χ1v) is 10.5. The van der Waals surface area contributed by atoms with E-state index >= 15 is 0 Å². The van der Waals surface area contributed by atoms with Crippen LogP contribution in [0.25, 0.3) is 22.6 Å². The summed E-state index contributed by atoms with van der Waals surface area (Å²) < 4.78 is 40.2. The number of nitrogens with zero attached hydrogens (tertiary/aromatic N) is 1. The number of halogens is 4. The maximum Gasteiger partial charge on any atom is 0.194 e. The van der Waals surface area contributed by atoms with Crippen LogP contribution in [0.15, 0.2) is 41.4 Å². The third-order valence-corrected chi connectivity index (χ3v) is 6.85. The Morgan fingerprint density at radius 1 is 1.00 bits per heavy atom. The van der Waals surface area contributed by atoms with Gasteiger partial charge in [-0.15, -0.1) is 11.8 Å².